The van der Waals surface area contributed by atoms with Gasteiger partial charge in [0.2, 0.25) is 11.8 Å². The molecular formula is C37H43BrN4O7. The first kappa shape index (κ1) is 34.8. The zero-order valence-electron chi connectivity index (χ0n) is 27.8. The molecule has 2 N–H and O–H groups in total. The molecule has 12 heteroatoms. The number of hydrogen-bond donors (Lipinski definition) is 2. The zero-order valence-corrected chi connectivity index (χ0v) is 29.4. The minimum absolute atomic E-state index is 0.0850. The van der Waals surface area contributed by atoms with E-state index >= 15 is 0 Å². The highest BCUT2D eigenvalue weighted by molar-refractivity contribution is 9.11. The Hall–Kier alpha value is -4.00. The molecule has 0 aromatic heterocycles. The first-order chi connectivity index (χ1) is 23.7. The lowest BCUT2D eigenvalue weighted by Gasteiger charge is -2.36. The number of benzene rings is 2. The summed E-state index contributed by atoms with van der Waals surface area (Å²) in [4.78, 5) is 61.8. The molecule has 1 spiro atoms. The maximum absolute atomic E-state index is 15.0. The van der Waals surface area contributed by atoms with Gasteiger partial charge in [-0.1, -0.05) is 58.4 Å². The number of halogens is 1. The van der Waals surface area contributed by atoms with Gasteiger partial charge in [-0.05, 0) is 62.6 Å². The number of cyclic esters (lactones) is 1. The van der Waals surface area contributed by atoms with E-state index in [1.54, 1.807) is 11.0 Å². The van der Waals surface area contributed by atoms with E-state index in [9.17, 15) is 24.3 Å². The highest BCUT2D eigenvalue weighted by atomic mass is 79.9. The fourth-order valence-corrected chi connectivity index (χ4v) is 8.34. The number of anilines is 2. The number of fused-ring (bicyclic) bond motifs is 2. The standard InChI is InChI=1S/C37H43BrN4O7/c1-3-40(4-2)25-15-17-26(18-16-25)41-19-10-6-9-14-29(44)48-23-28(24-12-7-5-8-13-24)39-34(45)30-31-35(46)42(20-11-21-43)33(36(41)47)37(31)22-27(38)32(30)49-37/h5-8,10,12-13,15-18,22,28,30-33,43H,3-4,9,11,14,19-21,23H2,1-2H3,(H,39,45)/b10-6-/t28-,30-,31+,32-,33-,37+/m1/s1. The number of ether oxygens (including phenoxy) is 2. The van der Waals surface area contributed by atoms with Gasteiger partial charge in [-0.25, -0.2) is 0 Å². The summed E-state index contributed by atoms with van der Waals surface area (Å²) in [5, 5.41) is 12.8. The van der Waals surface area contributed by atoms with Crippen LogP contribution in [-0.2, 0) is 28.7 Å². The molecule has 2 aromatic rings. The Morgan fingerprint density at radius 3 is 2.43 bits per heavy atom. The van der Waals surface area contributed by atoms with E-state index < -0.39 is 47.5 Å². The maximum Gasteiger partial charge on any atom is 0.306 e. The molecule has 11 nitrogen and oxygen atoms in total. The number of carbonyl (C=O) groups excluding carboxylic acids is 4. The lowest BCUT2D eigenvalue weighted by atomic mass is 9.74. The number of esters is 1. The fourth-order valence-electron chi connectivity index (χ4n) is 7.60. The Balaban J connectivity index is 1.43. The van der Waals surface area contributed by atoms with Crippen molar-refractivity contribution in [3.63, 3.8) is 0 Å². The van der Waals surface area contributed by atoms with Gasteiger partial charge >= 0.3 is 5.97 Å². The largest absolute Gasteiger partial charge is 0.463 e. The number of hydrogen-bond acceptors (Lipinski definition) is 8. The van der Waals surface area contributed by atoms with Crippen LogP contribution in [-0.4, -0.2) is 90.8 Å². The van der Waals surface area contributed by atoms with Crippen molar-refractivity contribution in [2.45, 2.75) is 56.9 Å². The number of allylic oxidation sites excluding steroid dienone is 1. The van der Waals surface area contributed by atoms with Crippen LogP contribution in [0.4, 0.5) is 11.4 Å². The summed E-state index contributed by atoms with van der Waals surface area (Å²) >= 11 is 3.61. The van der Waals surface area contributed by atoms with Gasteiger partial charge < -0.3 is 34.6 Å². The number of likely N-dealkylation sites (tertiary alicyclic amines) is 1. The second kappa shape index (κ2) is 14.9. The predicted octanol–water partition coefficient (Wildman–Crippen LogP) is 3.87. The second-order valence-electron chi connectivity index (χ2n) is 12.7. The summed E-state index contributed by atoms with van der Waals surface area (Å²) in [5.74, 6) is -3.53. The third kappa shape index (κ3) is 6.53. The van der Waals surface area contributed by atoms with Crippen molar-refractivity contribution in [2.24, 2.45) is 11.8 Å². The topological polar surface area (TPSA) is 129 Å². The van der Waals surface area contributed by atoms with Crippen LogP contribution in [0.3, 0.4) is 0 Å². The van der Waals surface area contributed by atoms with E-state index in [1.807, 2.05) is 66.7 Å². The van der Waals surface area contributed by atoms with Crippen LogP contribution in [0.2, 0.25) is 0 Å². The van der Waals surface area contributed by atoms with E-state index in [0.717, 1.165) is 24.3 Å². The van der Waals surface area contributed by atoms with Gasteiger partial charge in [-0.2, -0.15) is 0 Å². The molecule has 0 radical (unpaired) electrons. The van der Waals surface area contributed by atoms with Gasteiger partial charge in [0.15, 0.2) is 0 Å². The minimum Gasteiger partial charge on any atom is -0.463 e. The van der Waals surface area contributed by atoms with Gasteiger partial charge in [-0.15, -0.1) is 0 Å². The average Bonchev–Trinajstić information content (AvgIpc) is 3.70. The van der Waals surface area contributed by atoms with E-state index in [1.165, 1.54) is 4.90 Å². The molecule has 4 aliphatic heterocycles. The molecule has 0 unspecified atom stereocenters. The fraction of sp³-hybridized carbons (Fsp3) is 0.459. The molecule has 2 fully saturated rings. The zero-order chi connectivity index (χ0) is 34.7. The molecular weight excluding hydrogens is 692 g/mol. The number of nitrogens with one attached hydrogen (secondary N) is 1. The second-order valence-corrected chi connectivity index (χ2v) is 13.7. The Bertz CT molecular complexity index is 1610. The third-order valence-electron chi connectivity index (χ3n) is 9.97. The van der Waals surface area contributed by atoms with Crippen LogP contribution in [0, 0.1) is 11.8 Å². The first-order valence-electron chi connectivity index (χ1n) is 17.0. The van der Waals surface area contributed by atoms with E-state index in [2.05, 4.69) is 40.0 Å². The van der Waals surface area contributed by atoms with Crippen LogP contribution in [0.1, 0.15) is 44.7 Å². The lowest BCUT2D eigenvalue weighted by Crippen LogP contribution is -2.56. The van der Waals surface area contributed by atoms with Gasteiger partial charge in [0.25, 0.3) is 5.91 Å². The smallest absolute Gasteiger partial charge is 0.306 e. The molecule has 6 atom stereocenters. The summed E-state index contributed by atoms with van der Waals surface area (Å²) in [7, 11) is 0. The quantitative estimate of drug-likeness (QED) is 0.309. The molecule has 49 heavy (non-hydrogen) atoms. The predicted molar refractivity (Wildman–Crippen MR) is 188 cm³/mol. The number of aliphatic hydroxyl groups excluding tert-OH is 1. The Labute approximate surface area is 295 Å². The number of rotatable bonds is 8. The summed E-state index contributed by atoms with van der Waals surface area (Å²) in [6, 6.07) is 15.2. The van der Waals surface area contributed by atoms with Crippen molar-refractivity contribution >= 4 is 51.0 Å². The van der Waals surface area contributed by atoms with Crippen molar-refractivity contribution in [2.75, 3.05) is 49.2 Å². The van der Waals surface area contributed by atoms with Crippen molar-refractivity contribution < 1.29 is 33.8 Å². The molecule has 2 aromatic carbocycles. The summed E-state index contributed by atoms with van der Waals surface area (Å²) in [6.07, 6.45) is 5.45. The van der Waals surface area contributed by atoms with Crippen molar-refractivity contribution in [1.82, 2.24) is 10.2 Å². The molecule has 2 saturated heterocycles. The Morgan fingerprint density at radius 1 is 1.00 bits per heavy atom. The lowest BCUT2D eigenvalue weighted by molar-refractivity contribution is -0.145. The monoisotopic (exact) mass is 734 g/mol. The van der Waals surface area contributed by atoms with Gasteiger partial charge in [0.1, 0.15) is 24.4 Å². The molecule has 0 aliphatic carbocycles. The van der Waals surface area contributed by atoms with Crippen molar-refractivity contribution in [1.29, 1.82) is 0 Å². The highest BCUT2D eigenvalue weighted by Crippen LogP contribution is 2.58. The van der Waals surface area contributed by atoms with Crippen molar-refractivity contribution in [3.05, 3.63) is 82.9 Å². The number of nitrogens with zero attached hydrogens (tertiary/aromatic N) is 3. The van der Waals surface area contributed by atoms with Crippen LogP contribution in [0.5, 0.6) is 0 Å². The molecule has 4 aliphatic rings. The SMILES string of the molecule is CCN(CC)c1ccc(N2C/C=C\CCC(=O)OC[C@H](c3ccccc3)NC(=O)[C@H]3[C@@H]4O[C@@]5(C=C4Br)[C@@H]3C(=O)N(CCCO)[C@@H]5C2=O)cc1. The highest BCUT2D eigenvalue weighted by Gasteiger charge is 2.74. The number of amides is 3. The molecule has 3 amide bonds. The van der Waals surface area contributed by atoms with Crippen LogP contribution in [0.25, 0.3) is 0 Å². The summed E-state index contributed by atoms with van der Waals surface area (Å²) in [5.41, 5.74) is 0.981. The average molecular weight is 736 g/mol. The van der Waals surface area contributed by atoms with Crippen LogP contribution in [0.15, 0.2) is 77.3 Å². The summed E-state index contributed by atoms with van der Waals surface area (Å²) in [6.45, 7) is 5.86. The van der Waals surface area contributed by atoms with E-state index in [0.29, 0.717) is 16.6 Å². The van der Waals surface area contributed by atoms with Gasteiger partial charge in [-0.3, -0.25) is 19.2 Å². The molecule has 5 bridgehead atoms. The van der Waals surface area contributed by atoms with Crippen molar-refractivity contribution in [3.8, 4) is 0 Å². The normalized spacial score (nSPS) is 29.4. The first-order valence-corrected chi connectivity index (χ1v) is 17.8. The van der Waals surface area contributed by atoms with E-state index in [4.69, 9.17) is 9.47 Å². The maximum atomic E-state index is 15.0. The molecule has 260 valence electrons. The molecule has 4 heterocycles. The Morgan fingerprint density at radius 2 is 1.73 bits per heavy atom. The minimum atomic E-state index is -1.42. The van der Waals surface area contributed by atoms with Crippen LogP contribution >= 0.6 is 15.9 Å². The van der Waals surface area contributed by atoms with Crippen LogP contribution < -0.4 is 15.1 Å². The van der Waals surface area contributed by atoms with Gasteiger partial charge in [0.05, 0.1) is 17.9 Å². The van der Waals surface area contributed by atoms with Gasteiger partial charge in [0, 0.05) is 55.1 Å². The number of aliphatic hydroxyl groups is 1. The molecule has 6 rings (SSSR count). The third-order valence-corrected chi connectivity index (χ3v) is 10.7. The van der Waals surface area contributed by atoms with E-state index in [-0.39, 0.29) is 51.0 Å². The molecule has 0 saturated carbocycles. The summed E-state index contributed by atoms with van der Waals surface area (Å²) < 4.78 is 12.9. The number of carbonyl (C=O) groups is 4. The Kier molecular flexibility index (Phi) is 10.6.